The third kappa shape index (κ3) is 2.93. The Bertz CT molecular complexity index is 777. The Morgan fingerprint density at radius 1 is 1.17 bits per heavy atom. The molecule has 1 unspecified atom stereocenters. The number of halogens is 3. The second-order valence-corrected chi connectivity index (χ2v) is 5.70. The maximum Gasteiger partial charge on any atom is 0.225 e. The van der Waals surface area contributed by atoms with E-state index in [9.17, 15) is 18.0 Å². The first-order valence-electron chi connectivity index (χ1n) is 7.37. The monoisotopic (exact) mass is 320 g/mol. The number of aryl methyl sites for hydroxylation is 1. The van der Waals surface area contributed by atoms with Crippen molar-refractivity contribution in [1.82, 2.24) is 4.98 Å². The number of amides is 1. The van der Waals surface area contributed by atoms with Gasteiger partial charge < -0.3 is 5.73 Å². The highest BCUT2D eigenvalue weighted by molar-refractivity contribution is 5.82. The summed E-state index contributed by atoms with van der Waals surface area (Å²) in [4.78, 5) is 15.9. The van der Waals surface area contributed by atoms with Crippen LogP contribution in [0.25, 0.3) is 0 Å². The topological polar surface area (TPSA) is 56.0 Å². The summed E-state index contributed by atoms with van der Waals surface area (Å²) in [6.07, 6.45) is 2.27. The minimum Gasteiger partial charge on any atom is -0.369 e. The summed E-state index contributed by atoms with van der Waals surface area (Å²) in [7, 11) is 0. The molecule has 6 heteroatoms. The molecule has 3 rings (SSSR count). The van der Waals surface area contributed by atoms with Crippen molar-refractivity contribution >= 4 is 5.91 Å². The van der Waals surface area contributed by atoms with Crippen LogP contribution in [0.4, 0.5) is 13.2 Å². The first-order chi connectivity index (χ1) is 11.0. The van der Waals surface area contributed by atoms with Crippen molar-refractivity contribution in [3.8, 4) is 0 Å². The van der Waals surface area contributed by atoms with Crippen molar-refractivity contribution < 1.29 is 18.0 Å². The lowest BCUT2D eigenvalue weighted by molar-refractivity contribution is -0.119. The van der Waals surface area contributed by atoms with Crippen LogP contribution >= 0.6 is 0 Å². The van der Waals surface area contributed by atoms with E-state index in [0.717, 1.165) is 23.7 Å². The molecule has 1 aromatic heterocycles. The van der Waals surface area contributed by atoms with E-state index in [0.29, 0.717) is 18.5 Å². The predicted octanol–water partition coefficient (Wildman–Crippen LogP) is 2.99. The van der Waals surface area contributed by atoms with E-state index in [-0.39, 0.29) is 23.8 Å². The van der Waals surface area contributed by atoms with Crippen LogP contribution in [0.2, 0.25) is 0 Å². The quantitative estimate of drug-likeness (QED) is 0.884. The van der Waals surface area contributed by atoms with E-state index in [2.05, 4.69) is 4.98 Å². The van der Waals surface area contributed by atoms with Crippen LogP contribution in [0.3, 0.4) is 0 Å². The average Bonchev–Trinajstić information content (AvgIpc) is 2.54. The predicted molar refractivity (Wildman–Crippen MR) is 78.2 cm³/mol. The molecular formula is C17H15F3N2O. The van der Waals surface area contributed by atoms with Gasteiger partial charge in [0.25, 0.3) is 0 Å². The number of rotatable bonds is 3. The van der Waals surface area contributed by atoms with Crippen LogP contribution in [0.1, 0.15) is 41.3 Å². The van der Waals surface area contributed by atoms with E-state index < -0.39 is 17.5 Å². The summed E-state index contributed by atoms with van der Waals surface area (Å²) in [5, 5.41) is 0. The third-order valence-corrected chi connectivity index (χ3v) is 4.18. The van der Waals surface area contributed by atoms with Gasteiger partial charge >= 0.3 is 0 Å². The van der Waals surface area contributed by atoms with Gasteiger partial charge in [-0.25, -0.2) is 13.2 Å². The molecule has 0 fully saturated rings. The molecule has 0 aliphatic heterocycles. The minimum atomic E-state index is -1.48. The zero-order valence-electron chi connectivity index (χ0n) is 12.3. The molecule has 0 saturated carbocycles. The van der Waals surface area contributed by atoms with Crippen molar-refractivity contribution in [1.29, 1.82) is 0 Å². The summed E-state index contributed by atoms with van der Waals surface area (Å²) in [6, 6.07) is 5.54. The van der Waals surface area contributed by atoms with Crippen LogP contribution in [0.15, 0.2) is 24.3 Å². The molecule has 1 aromatic carbocycles. The van der Waals surface area contributed by atoms with Crippen molar-refractivity contribution in [2.24, 2.45) is 5.73 Å². The molecule has 1 atom stereocenters. The summed E-state index contributed by atoms with van der Waals surface area (Å²) < 4.78 is 40.0. The van der Waals surface area contributed by atoms with Crippen LogP contribution in [0, 0.1) is 17.5 Å². The normalized spacial score (nSPS) is 16.9. The van der Waals surface area contributed by atoms with Crippen LogP contribution in [-0.2, 0) is 17.6 Å². The number of carbonyl (C=O) groups is 1. The lowest BCUT2D eigenvalue weighted by atomic mass is 9.85. The van der Waals surface area contributed by atoms with Gasteiger partial charge in [0, 0.05) is 17.8 Å². The number of nitrogens with two attached hydrogens (primary N) is 1. The fourth-order valence-corrected chi connectivity index (χ4v) is 3.00. The van der Waals surface area contributed by atoms with Crippen molar-refractivity contribution in [2.45, 2.75) is 31.6 Å². The van der Waals surface area contributed by atoms with Gasteiger partial charge in [-0.05, 0) is 42.5 Å². The molecule has 23 heavy (non-hydrogen) atoms. The second kappa shape index (κ2) is 6.02. The summed E-state index contributed by atoms with van der Waals surface area (Å²) >= 11 is 0. The van der Waals surface area contributed by atoms with Crippen molar-refractivity contribution in [2.75, 3.05) is 0 Å². The van der Waals surface area contributed by atoms with Crippen molar-refractivity contribution in [3.63, 3.8) is 0 Å². The van der Waals surface area contributed by atoms with E-state index in [1.54, 1.807) is 12.1 Å². The number of primary amides is 1. The minimum absolute atomic E-state index is 0.0404. The smallest absolute Gasteiger partial charge is 0.225 e. The van der Waals surface area contributed by atoms with E-state index in [4.69, 9.17) is 5.73 Å². The Morgan fingerprint density at radius 3 is 2.70 bits per heavy atom. The lowest BCUT2D eigenvalue weighted by Gasteiger charge is -2.22. The molecule has 1 heterocycles. The first kappa shape index (κ1) is 15.5. The molecule has 120 valence electrons. The summed E-state index contributed by atoms with van der Waals surface area (Å²) in [5.74, 6) is -4.62. The first-order valence-corrected chi connectivity index (χ1v) is 7.37. The number of pyridine rings is 1. The molecule has 1 aliphatic carbocycles. The molecule has 2 aromatic rings. The molecule has 0 radical (unpaired) electrons. The number of aromatic nitrogens is 1. The molecule has 2 N–H and O–H groups in total. The Morgan fingerprint density at radius 2 is 1.96 bits per heavy atom. The van der Waals surface area contributed by atoms with Gasteiger partial charge in [-0.2, -0.15) is 0 Å². The molecule has 0 spiro atoms. The number of hydrogen-bond acceptors (Lipinski definition) is 2. The third-order valence-electron chi connectivity index (χ3n) is 4.18. The Labute approximate surface area is 131 Å². The van der Waals surface area contributed by atoms with Gasteiger partial charge in [-0.15, -0.1) is 0 Å². The standard InChI is InChI=1S/C17H15F3N2O/c18-13-7-4-9(15(19)16(13)20)8-10-5-6-11-12(17(21)23)2-1-3-14(11)22-10/h4-7,12H,1-3,8H2,(H2,21,23). The number of carbonyl (C=O) groups excluding carboxylic acids is 1. The van der Waals surface area contributed by atoms with Gasteiger partial charge in [0.05, 0.1) is 5.92 Å². The zero-order valence-corrected chi connectivity index (χ0v) is 12.3. The molecule has 1 aliphatic rings. The highest BCUT2D eigenvalue weighted by atomic mass is 19.2. The molecule has 3 nitrogen and oxygen atoms in total. The Kier molecular flexibility index (Phi) is 4.07. The average molecular weight is 320 g/mol. The fourth-order valence-electron chi connectivity index (χ4n) is 3.00. The molecule has 0 bridgehead atoms. The van der Waals surface area contributed by atoms with Gasteiger partial charge in [-0.3, -0.25) is 9.78 Å². The van der Waals surface area contributed by atoms with Gasteiger partial charge in [0.2, 0.25) is 5.91 Å². The number of fused-ring (bicyclic) bond motifs is 1. The summed E-state index contributed by atoms with van der Waals surface area (Å²) in [5.41, 5.74) is 7.55. The van der Waals surface area contributed by atoms with Crippen LogP contribution in [0.5, 0.6) is 0 Å². The molecule has 1 amide bonds. The maximum absolute atomic E-state index is 13.8. The highest BCUT2D eigenvalue weighted by Crippen LogP contribution is 2.31. The highest BCUT2D eigenvalue weighted by Gasteiger charge is 2.25. The molecule has 0 saturated heterocycles. The maximum atomic E-state index is 13.8. The second-order valence-electron chi connectivity index (χ2n) is 5.70. The summed E-state index contributed by atoms with van der Waals surface area (Å²) in [6.45, 7) is 0. The van der Waals surface area contributed by atoms with Gasteiger partial charge in [-0.1, -0.05) is 12.1 Å². The SMILES string of the molecule is NC(=O)C1CCCc2nc(Cc3ccc(F)c(F)c3F)ccc21. The number of hydrogen-bond donors (Lipinski definition) is 1. The lowest BCUT2D eigenvalue weighted by Crippen LogP contribution is -2.25. The Hall–Kier alpha value is -2.37. The molecular weight excluding hydrogens is 305 g/mol. The van der Waals surface area contributed by atoms with E-state index in [1.807, 2.05) is 0 Å². The van der Waals surface area contributed by atoms with E-state index in [1.165, 1.54) is 6.07 Å². The van der Waals surface area contributed by atoms with Crippen LogP contribution in [-0.4, -0.2) is 10.9 Å². The van der Waals surface area contributed by atoms with Crippen LogP contribution < -0.4 is 5.73 Å². The van der Waals surface area contributed by atoms with Gasteiger partial charge in [0.1, 0.15) is 0 Å². The largest absolute Gasteiger partial charge is 0.369 e. The number of benzene rings is 1. The zero-order chi connectivity index (χ0) is 16.6. The van der Waals surface area contributed by atoms with E-state index >= 15 is 0 Å². The number of nitrogens with zero attached hydrogens (tertiary/aromatic N) is 1. The Balaban J connectivity index is 1.91. The van der Waals surface area contributed by atoms with Gasteiger partial charge in [0.15, 0.2) is 17.5 Å². The fraction of sp³-hybridized carbons (Fsp3) is 0.294. The van der Waals surface area contributed by atoms with Crippen molar-refractivity contribution in [3.05, 3.63) is 64.2 Å².